The van der Waals surface area contributed by atoms with Gasteiger partial charge in [-0.05, 0) is 56.7 Å². The third-order valence-corrected chi connectivity index (χ3v) is 6.40. The summed E-state index contributed by atoms with van der Waals surface area (Å²) in [5.74, 6) is 3.68. The van der Waals surface area contributed by atoms with Crippen molar-refractivity contribution in [2.75, 3.05) is 30.9 Å². The van der Waals surface area contributed by atoms with Gasteiger partial charge in [0.15, 0.2) is 0 Å². The van der Waals surface area contributed by atoms with E-state index in [0.717, 1.165) is 55.6 Å². The Morgan fingerprint density at radius 2 is 1.64 bits per heavy atom. The molecule has 0 bridgehead atoms. The summed E-state index contributed by atoms with van der Waals surface area (Å²) < 4.78 is 5.88. The van der Waals surface area contributed by atoms with Crippen LogP contribution in [0.2, 0.25) is 0 Å². The van der Waals surface area contributed by atoms with Gasteiger partial charge in [0.25, 0.3) is 0 Å². The van der Waals surface area contributed by atoms with Gasteiger partial charge in [0.2, 0.25) is 0 Å². The molecule has 33 heavy (non-hydrogen) atoms. The van der Waals surface area contributed by atoms with Gasteiger partial charge in [0, 0.05) is 38.8 Å². The molecule has 2 N–H and O–H groups in total. The van der Waals surface area contributed by atoms with Gasteiger partial charge in [-0.15, -0.1) is 0 Å². The van der Waals surface area contributed by atoms with E-state index in [9.17, 15) is 0 Å². The third kappa shape index (κ3) is 8.84. The Bertz CT molecular complexity index is 816. The second-order valence-electron chi connectivity index (χ2n) is 9.53. The van der Waals surface area contributed by atoms with E-state index in [-0.39, 0.29) is 0 Å². The summed E-state index contributed by atoms with van der Waals surface area (Å²) in [6.45, 7) is 5.94. The molecule has 0 saturated heterocycles. The minimum absolute atomic E-state index is 0.478. The van der Waals surface area contributed by atoms with Gasteiger partial charge >= 0.3 is 0 Å². The number of ether oxygens (including phenoxy) is 1. The number of aromatic nitrogens is 2. The lowest BCUT2D eigenvalue weighted by atomic mass is 9.91. The number of hydrogen-bond donors (Lipinski definition) is 2. The maximum atomic E-state index is 5.88. The van der Waals surface area contributed by atoms with Crippen LogP contribution in [0, 0.1) is 6.92 Å². The highest BCUT2D eigenvalue weighted by Crippen LogP contribution is 2.23. The molecular weight excluding hydrogens is 410 g/mol. The summed E-state index contributed by atoms with van der Waals surface area (Å²) in [5, 5.41) is 7.37. The first kappa shape index (κ1) is 25.3. The first-order valence-electron chi connectivity index (χ1n) is 12.8. The second-order valence-corrected chi connectivity index (χ2v) is 9.53. The second kappa shape index (κ2) is 13.4. The Kier molecular flexibility index (Phi) is 10.3. The zero-order valence-corrected chi connectivity index (χ0v) is 21.1. The molecule has 1 aromatic heterocycles. The van der Waals surface area contributed by atoms with E-state index >= 15 is 0 Å². The van der Waals surface area contributed by atoms with E-state index in [1.807, 2.05) is 32.0 Å². The number of nitrogens with one attached hydrogen (secondary N) is 2. The molecule has 6 heteroatoms. The number of rotatable bonds is 13. The third-order valence-electron chi connectivity index (χ3n) is 6.40. The molecular formula is C27H43N5O. The summed E-state index contributed by atoms with van der Waals surface area (Å²) in [7, 11) is 4.02. The largest absolute Gasteiger partial charge is 0.494 e. The molecule has 1 aromatic carbocycles. The molecule has 0 unspecified atom stereocenters. The summed E-state index contributed by atoms with van der Waals surface area (Å²) >= 11 is 0. The van der Waals surface area contributed by atoms with Crippen LogP contribution in [0.4, 0.5) is 11.6 Å². The monoisotopic (exact) mass is 453 g/mol. The van der Waals surface area contributed by atoms with Crippen LogP contribution in [-0.4, -0.2) is 42.8 Å². The maximum Gasteiger partial charge on any atom is 0.133 e. The van der Waals surface area contributed by atoms with Crippen LogP contribution in [0.25, 0.3) is 0 Å². The molecule has 0 radical (unpaired) electrons. The van der Waals surface area contributed by atoms with Gasteiger partial charge < -0.3 is 20.3 Å². The van der Waals surface area contributed by atoms with Crippen molar-refractivity contribution in [1.29, 1.82) is 0 Å². The molecule has 1 aliphatic rings. The van der Waals surface area contributed by atoms with Crippen LogP contribution in [0.1, 0.15) is 76.1 Å². The average Bonchev–Trinajstić information content (AvgIpc) is 2.81. The molecule has 0 amide bonds. The van der Waals surface area contributed by atoms with Gasteiger partial charge in [0.1, 0.15) is 23.2 Å². The quantitative estimate of drug-likeness (QED) is 0.379. The first-order chi connectivity index (χ1) is 16.0. The van der Waals surface area contributed by atoms with Gasteiger partial charge in [-0.25, -0.2) is 9.97 Å². The lowest BCUT2D eigenvalue weighted by Crippen LogP contribution is -2.36. The molecule has 1 heterocycles. The minimum Gasteiger partial charge on any atom is -0.494 e. The maximum absolute atomic E-state index is 5.88. The van der Waals surface area contributed by atoms with E-state index < -0.39 is 0 Å². The number of benzene rings is 1. The first-order valence-corrected chi connectivity index (χ1v) is 12.8. The van der Waals surface area contributed by atoms with Gasteiger partial charge in [-0.3, -0.25) is 0 Å². The number of anilines is 2. The lowest BCUT2D eigenvalue weighted by molar-refractivity contribution is 0.304. The molecule has 2 aromatic rings. The number of unbranched alkanes of at least 4 members (excludes halogenated alkanes) is 4. The smallest absolute Gasteiger partial charge is 0.133 e. The minimum atomic E-state index is 0.478. The van der Waals surface area contributed by atoms with Crippen LogP contribution in [-0.2, 0) is 6.54 Å². The topological polar surface area (TPSA) is 62.3 Å². The number of hydrogen-bond acceptors (Lipinski definition) is 6. The lowest BCUT2D eigenvalue weighted by Gasteiger charge is -2.30. The van der Waals surface area contributed by atoms with Gasteiger partial charge in [-0.2, -0.15) is 0 Å². The van der Waals surface area contributed by atoms with E-state index in [1.165, 1.54) is 44.1 Å². The van der Waals surface area contributed by atoms with E-state index in [2.05, 4.69) is 51.8 Å². The van der Waals surface area contributed by atoms with Crippen LogP contribution >= 0.6 is 0 Å². The highest BCUT2D eigenvalue weighted by molar-refractivity contribution is 5.49. The van der Waals surface area contributed by atoms with Gasteiger partial charge in [0.05, 0.1) is 6.61 Å². The summed E-state index contributed by atoms with van der Waals surface area (Å²) in [5.41, 5.74) is 1.32. The van der Waals surface area contributed by atoms with Crippen molar-refractivity contribution in [2.24, 2.45) is 0 Å². The molecule has 3 rings (SSSR count). The molecule has 0 atom stereocenters. The zero-order chi connectivity index (χ0) is 23.5. The number of aryl methyl sites for hydroxylation is 1. The van der Waals surface area contributed by atoms with E-state index in [1.54, 1.807) is 0 Å². The highest BCUT2D eigenvalue weighted by Gasteiger charge is 2.21. The predicted molar refractivity (Wildman–Crippen MR) is 138 cm³/mol. The Labute approximate surface area is 200 Å². The van der Waals surface area contributed by atoms with Crippen LogP contribution in [0.15, 0.2) is 30.3 Å². The molecule has 0 aliphatic heterocycles. The fraction of sp³-hybridized carbons (Fsp3) is 0.630. The standard InChI is InChI=1S/C27H43N5O/c1-5-6-7-8-9-18-33-25-16-10-22(11-17-25)20-28-23-12-14-24(15-13-23)31-26-19-27(32(3)4)30-21(2)29-26/h10-11,16-17,19,23-24,28H,5-9,12-15,18,20H2,1-4H3,(H,29,30,31). The Morgan fingerprint density at radius 3 is 2.33 bits per heavy atom. The van der Waals surface area contributed by atoms with Crippen LogP contribution < -0.4 is 20.3 Å². The fourth-order valence-corrected chi connectivity index (χ4v) is 4.37. The van der Waals surface area contributed by atoms with Gasteiger partial charge in [-0.1, -0.05) is 44.7 Å². The van der Waals surface area contributed by atoms with Crippen molar-refractivity contribution in [3.8, 4) is 5.75 Å². The van der Waals surface area contributed by atoms with Crippen LogP contribution in [0.3, 0.4) is 0 Å². The molecule has 0 spiro atoms. The summed E-state index contributed by atoms with van der Waals surface area (Å²) in [4.78, 5) is 11.1. The summed E-state index contributed by atoms with van der Waals surface area (Å²) in [6, 6.07) is 11.7. The van der Waals surface area contributed by atoms with Crippen molar-refractivity contribution < 1.29 is 4.74 Å². The van der Waals surface area contributed by atoms with Crippen molar-refractivity contribution in [3.63, 3.8) is 0 Å². The Hall–Kier alpha value is -2.34. The fourth-order valence-electron chi connectivity index (χ4n) is 4.37. The molecule has 1 aliphatic carbocycles. The Morgan fingerprint density at radius 1 is 0.939 bits per heavy atom. The highest BCUT2D eigenvalue weighted by atomic mass is 16.5. The van der Waals surface area contributed by atoms with Crippen molar-refractivity contribution in [2.45, 2.75) is 90.3 Å². The van der Waals surface area contributed by atoms with Crippen LogP contribution in [0.5, 0.6) is 5.75 Å². The predicted octanol–water partition coefficient (Wildman–Crippen LogP) is 5.71. The molecule has 6 nitrogen and oxygen atoms in total. The van der Waals surface area contributed by atoms with Crippen molar-refractivity contribution >= 4 is 11.6 Å². The van der Waals surface area contributed by atoms with E-state index in [4.69, 9.17) is 4.74 Å². The summed E-state index contributed by atoms with van der Waals surface area (Å²) in [6.07, 6.45) is 11.0. The van der Waals surface area contributed by atoms with Crippen molar-refractivity contribution in [3.05, 3.63) is 41.7 Å². The molecule has 1 saturated carbocycles. The molecule has 182 valence electrons. The SMILES string of the molecule is CCCCCCCOc1ccc(CNC2CCC(Nc3cc(N(C)C)nc(C)n3)CC2)cc1. The molecule has 1 fully saturated rings. The zero-order valence-electron chi connectivity index (χ0n) is 21.1. The normalized spacial score (nSPS) is 18.2. The number of nitrogens with zero attached hydrogens (tertiary/aromatic N) is 3. The average molecular weight is 454 g/mol. The Balaban J connectivity index is 1.34. The van der Waals surface area contributed by atoms with E-state index in [0.29, 0.717) is 12.1 Å². The van der Waals surface area contributed by atoms with Crippen molar-refractivity contribution in [1.82, 2.24) is 15.3 Å².